The molecule has 0 heterocycles. The van der Waals surface area contributed by atoms with Crippen molar-refractivity contribution in [3.63, 3.8) is 0 Å². The summed E-state index contributed by atoms with van der Waals surface area (Å²) in [5, 5.41) is 3.00. The summed E-state index contributed by atoms with van der Waals surface area (Å²) >= 11 is 0. The largest absolute Gasteiger partial charge is 0.326 e. The third kappa shape index (κ3) is 7.51. The predicted octanol–water partition coefficient (Wildman–Crippen LogP) is 4.65. The average Bonchev–Trinajstić information content (AvgIpc) is 2.65. The lowest BCUT2D eigenvalue weighted by Crippen LogP contribution is -2.30. The minimum Gasteiger partial charge on any atom is -0.326 e. The van der Waals surface area contributed by atoms with Gasteiger partial charge in [-0.25, -0.2) is 0 Å². The lowest BCUT2D eigenvalue weighted by atomic mass is 9.94. The van der Waals surface area contributed by atoms with Crippen molar-refractivity contribution in [2.75, 3.05) is 18.4 Å². The first-order valence-electron chi connectivity index (χ1n) is 8.97. The number of rotatable bonds is 8. The highest BCUT2D eigenvalue weighted by molar-refractivity contribution is 5.93. The van der Waals surface area contributed by atoms with E-state index < -0.39 is 0 Å². The van der Waals surface area contributed by atoms with E-state index in [0.717, 1.165) is 30.9 Å². The summed E-state index contributed by atoms with van der Waals surface area (Å²) in [5.74, 6) is -0.370. The third-order valence-electron chi connectivity index (χ3n) is 4.63. The highest BCUT2D eigenvalue weighted by Gasteiger charge is 2.22. The number of carbonyl (C=O) groups excluding carboxylic acids is 1. The topological polar surface area (TPSA) is 58.4 Å². The molecule has 2 rings (SSSR count). The van der Waals surface area contributed by atoms with Crippen LogP contribution >= 0.6 is 24.8 Å². The molecule has 27 heavy (non-hydrogen) atoms. The van der Waals surface area contributed by atoms with E-state index >= 15 is 0 Å². The van der Waals surface area contributed by atoms with E-state index in [1.807, 2.05) is 55.5 Å². The van der Waals surface area contributed by atoms with Crippen molar-refractivity contribution in [1.29, 1.82) is 0 Å². The molecule has 0 spiro atoms. The number of nitrogens with two attached hydrogens (primary N) is 1. The number of amides is 1. The van der Waals surface area contributed by atoms with E-state index in [1.165, 1.54) is 5.56 Å². The molecule has 0 fully saturated rings. The molecule has 2 atom stereocenters. The highest BCUT2D eigenvalue weighted by Crippen LogP contribution is 2.21. The summed E-state index contributed by atoms with van der Waals surface area (Å²) in [4.78, 5) is 14.9. The van der Waals surface area contributed by atoms with Gasteiger partial charge in [0.2, 0.25) is 5.91 Å². The first-order chi connectivity index (χ1) is 12.0. The summed E-state index contributed by atoms with van der Waals surface area (Å²) in [7, 11) is 0. The summed E-state index contributed by atoms with van der Waals surface area (Å²) in [6, 6.07) is 17.5. The minimum atomic E-state index is -0.319. The molecule has 0 aliphatic heterocycles. The molecule has 6 heteroatoms. The first kappa shape index (κ1) is 25.4. The number of hydrogen-bond donors (Lipinski definition) is 2. The minimum absolute atomic E-state index is 0. The van der Waals surface area contributed by atoms with E-state index in [2.05, 4.69) is 30.1 Å². The van der Waals surface area contributed by atoms with Gasteiger partial charge >= 0.3 is 0 Å². The zero-order valence-electron chi connectivity index (χ0n) is 16.2. The first-order valence-corrected chi connectivity index (χ1v) is 8.97. The predicted molar refractivity (Wildman–Crippen MR) is 119 cm³/mol. The van der Waals surface area contributed by atoms with Gasteiger partial charge in [-0.2, -0.15) is 0 Å². The van der Waals surface area contributed by atoms with Crippen molar-refractivity contribution >= 4 is 36.4 Å². The Kier molecular flexibility index (Phi) is 12.0. The fourth-order valence-electron chi connectivity index (χ4n) is 2.84. The maximum Gasteiger partial charge on any atom is 0.229 e. The Balaban J connectivity index is 0.00000338. The van der Waals surface area contributed by atoms with Crippen LogP contribution in [0.25, 0.3) is 0 Å². The molecule has 0 aromatic heterocycles. The van der Waals surface area contributed by atoms with Gasteiger partial charge in [-0.3, -0.25) is 9.69 Å². The second-order valence-corrected chi connectivity index (χ2v) is 6.38. The van der Waals surface area contributed by atoms with Gasteiger partial charge in [-0.1, -0.05) is 63.2 Å². The second kappa shape index (κ2) is 12.7. The number of hydrogen-bond acceptors (Lipinski definition) is 3. The van der Waals surface area contributed by atoms with Crippen molar-refractivity contribution in [3.05, 3.63) is 65.7 Å². The number of benzene rings is 2. The fourth-order valence-corrected chi connectivity index (χ4v) is 2.84. The molecule has 4 nitrogen and oxygen atoms in total. The van der Waals surface area contributed by atoms with Gasteiger partial charge in [-0.15, -0.1) is 24.8 Å². The second-order valence-electron chi connectivity index (χ2n) is 6.38. The van der Waals surface area contributed by atoms with Crippen LogP contribution in [0.1, 0.15) is 37.9 Å². The molecular formula is C21H31Cl2N3O. The normalized spacial score (nSPS) is 12.5. The number of nitrogens with zero attached hydrogens (tertiary/aromatic N) is 1. The molecule has 0 saturated heterocycles. The van der Waals surface area contributed by atoms with Crippen molar-refractivity contribution in [1.82, 2.24) is 4.90 Å². The Labute approximate surface area is 175 Å². The van der Waals surface area contributed by atoms with E-state index in [0.29, 0.717) is 0 Å². The van der Waals surface area contributed by atoms with Crippen LogP contribution in [0.4, 0.5) is 5.69 Å². The molecule has 3 N–H and O–H groups in total. The van der Waals surface area contributed by atoms with Crippen molar-refractivity contribution in [2.24, 2.45) is 11.7 Å². The Morgan fingerprint density at radius 1 is 1.04 bits per heavy atom. The average molecular weight is 412 g/mol. The van der Waals surface area contributed by atoms with Gasteiger partial charge in [0.1, 0.15) is 0 Å². The molecule has 0 radical (unpaired) electrons. The smallest absolute Gasteiger partial charge is 0.229 e. The van der Waals surface area contributed by atoms with Crippen LogP contribution < -0.4 is 11.1 Å². The highest BCUT2D eigenvalue weighted by atomic mass is 35.5. The Bertz CT molecular complexity index is 678. The summed E-state index contributed by atoms with van der Waals surface area (Å²) in [5.41, 5.74) is 9.25. The number of anilines is 1. The van der Waals surface area contributed by atoms with E-state index in [4.69, 9.17) is 5.73 Å². The van der Waals surface area contributed by atoms with Crippen LogP contribution in [-0.4, -0.2) is 23.9 Å². The molecule has 2 aromatic rings. The Morgan fingerprint density at radius 3 is 2.26 bits per heavy atom. The number of nitrogens with one attached hydrogen (secondary N) is 1. The lowest BCUT2D eigenvalue weighted by Gasteiger charge is -2.21. The van der Waals surface area contributed by atoms with Crippen molar-refractivity contribution < 1.29 is 4.79 Å². The van der Waals surface area contributed by atoms with Gasteiger partial charge in [-0.05, 0) is 36.3 Å². The summed E-state index contributed by atoms with van der Waals surface area (Å²) < 4.78 is 0. The van der Waals surface area contributed by atoms with Gasteiger partial charge in [0.15, 0.2) is 0 Å². The summed E-state index contributed by atoms with van der Waals surface area (Å²) in [6.45, 7) is 9.08. The summed E-state index contributed by atoms with van der Waals surface area (Å²) in [6.07, 6.45) is 0. The zero-order valence-corrected chi connectivity index (χ0v) is 17.9. The maximum atomic E-state index is 12.6. The standard InChI is InChI=1S/C21H29N3O.2ClH/c1-4-24(5-2)15-17-10-9-13-19(14-17)23-21(25)16(3)20(22)18-11-7-6-8-12-18;;/h6-14,16,20H,4-5,15,22H2,1-3H3,(H,23,25);2*1H. The number of carbonyl (C=O) groups is 1. The maximum absolute atomic E-state index is 12.6. The molecule has 2 aromatic carbocycles. The molecular weight excluding hydrogens is 381 g/mol. The molecule has 0 saturated carbocycles. The fraction of sp³-hybridized carbons (Fsp3) is 0.381. The van der Waals surface area contributed by atoms with Crippen molar-refractivity contribution in [2.45, 2.75) is 33.4 Å². The van der Waals surface area contributed by atoms with Crippen LogP contribution in [-0.2, 0) is 11.3 Å². The zero-order chi connectivity index (χ0) is 18.2. The number of halogens is 2. The van der Waals surface area contributed by atoms with Gasteiger partial charge in [0.05, 0.1) is 5.92 Å². The van der Waals surface area contributed by atoms with Crippen LogP contribution in [0, 0.1) is 5.92 Å². The molecule has 1 amide bonds. The van der Waals surface area contributed by atoms with E-state index in [9.17, 15) is 4.79 Å². The van der Waals surface area contributed by atoms with Gasteiger partial charge in [0, 0.05) is 18.3 Å². The molecule has 150 valence electrons. The van der Waals surface area contributed by atoms with Crippen molar-refractivity contribution in [3.8, 4) is 0 Å². The van der Waals surface area contributed by atoms with Crippen LogP contribution in [0.3, 0.4) is 0 Å². The SMILES string of the molecule is CCN(CC)Cc1cccc(NC(=O)C(C)C(N)c2ccccc2)c1.Cl.Cl. The Hall–Kier alpha value is -1.59. The quantitative estimate of drug-likeness (QED) is 0.664. The van der Waals surface area contributed by atoms with E-state index in [-0.39, 0.29) is 42.7 Å². The third-order valence-corrected chi connectivity index (χ3v) is 4.63. The van der Waals surface area contributed by atoms with Crippen LogP contribution in [0.5, 0.6) is 0 Å². The molecule has 0 aliphatic rings. The molecule has 0 bridgehead atoms. The monoisotopic (exact) mass is 411 g/mol. The Morgan fingerprint density at radius 2 is 1.67 bits per heavy atom. The van der Waals surface area contributed by atoms with E-state index in [1.54, 1.807) is 0 Å². The van der Waals surface area contributed by atoms with Gasteiger partial charge in [0.25, 0.3) is 0 Å². The molecule has 0 aliphatic carbocycles. The van der Waals surface area contributed by atoms with Crippen LogP contribution in [0.2, 0.25) is 0 Å². The van der Waals surface area contributed by atoms with Gasteiger partial charge < -0.3 is 11.1 Å². The lowest BCUT2D eigenvalue weighted by molar-refractivity contribution is -0.120. The van der Waals surface area contributed by atoms with Crippen LogP contribution in [0.15, 0.2) is 54.6 Å². The molecule has 2 unspecified atom stereocenters.